The molecule has 1 aromatic heterocycles. The Bertz CT molecular complexity index is 226. The highest BCUT2D eigenvalue weighted by Crippen LogP contribution is 2.25. The molecule has 1 aromatic rings. The average molecular weight is 152 g/mol. The van der Waals surface area contributed by atoms with Crippen molar-refractivity contribution in [1.29, 1.82) is 0 Å². The lowest BCUT2D eigenvalue weighted by Gasteiger charge is -2.02. The third-order valence-electron chi connectivity index (χ3n) is 0.827. The molecule has 0 saturated heterocycles. The molecule has 4 nitrogen and oxygen atoms in total. The zero-order chi connectivity index (χ0) is 7.78. The van der Waals surface area contributed by atoms with Crippen LogP contribution >= 0.6 is 0 Å². The SMILES string of the molecule is Nn1cnnc1C(F)(F)F. The van der Waals surface area contributed by atoms with Gasteiger partial charge in [-0.2, -0.15) is 13.2 Å². The largest absolute Gasteiger partial charge is 0.453 e. The molecule has 0 aliphatic carbocycles. The summed E-state index contributed by atoms with van der Waals surface area (Å²) in [5, 5.41) is 5.71. The van der Waals surface area contributed by atoms with Crippen molar-refractivity contribution in [2.75, 3.05) is 5.84 Å². The summed E-state index contributed by atoms with van der Waals surface area (Å²) in [6, 6.07) is 0. The molecule has 0 amide bonds. The lowest BCUT2D eigenvalue weighted by molar-refractivity contribution is -0.146. The van der Waals surface area contributed by atoms with Crippen molar-refractivity contribution < 1.29 is 13.2 Å². The van der Waals surface area contributed by atoms with E-state index in [0.29, 0.717) is 4.68 Å². The fraction of sp³-hybridized carbons (Fsp3) is 0.333. The minimum absolute atomic E-state index is 0.319. The van der Waals surface area contributed by atoms with Crippen molar-refractivity contribution in [3.8, 4) is 0 Å². The Morgan fingerprint density at radius 3 is 2.30 bits per heavy atom. The Morgan fingerprint density at radius 2 is 2.10 bits per heavy atom. The van der Waals surface area contributed by atoms with Crippen LogP contribution in [0.25, 0.3) is 0 Å². The molecule has 0 unspecified atom stereocenters. The maximum atomic E-state index is 11.7. The molecule has 0 aliphatic rings. The van der Waals surface area contributed by atoms with Crippen LogP contribution in [0.1, 0.15) is 5.82 Å². The van der Waals surface area contributed by atoms with Gasteiger partial charge < -0.3 is 5.84 Å². The van der Waals surface area contributed by atoms with Crippen LogP contribution in [0, 0.1) is 0 Å². The number of hydrogen-bond acceptors (Lipinski definition) is 3. The Labute approximate surface area is 53.4 Å². The fourth-order valence-corrected chi connectivity index (χ4v) is 0.446. The first kappa shape index (κ1) is 6.84. The van der Waals surface area contributed by atoms with Crippen LogP contribution in [0.2, 0.25) is 0 Å². The number of hydrogen-bond donors (Lipinski definition) is 1. The third-order valence-corrected chi connectivity index (χ3v) is 0.827. The van der Waals surface area contributed by atoms with Gasteiger partial charge in [0.25, 0.3) is 5.82 Å². The highest BCUT2D eigenvalue weighted by Gasteiger charge is 2.36. The van der Waals surface area contributed by atoms with Crippen molar-refractivity contribution in [1.82, 2.24) is 14.9 Å². The fourth-order valence-electron chi connectivity index (χ4n) is 0.446. The number of nitrogens with two attached hydrogens (primary N) is 1. The zero-order valence-corrected chi connectivity index (χ0v) is 4.63. The van der Waals surface area contributed by atoms with Crippen LogP contribution in [0.3, 0.4) is 0 Å². The normalized spacial score (nSPS) is 11.9. The standard InChI is InChI=1S/C3H3F3N4/c4-3(5,6)2-9-8-1-10(2)7/h1H,7H2. The number of nitrogen functional groups attached to an aromatic ring is 1. The molecular formula is C3H3F3N4. The molecule has 7 heteroatoms. The second-order valence-electron chi connectivity index (χ2n) is 1.56. The topological polar surface area (TPSA) is 56.7 Å². The van der Waals surface area contributed by atoms with Crippen molar-refractivity contribution in [3.05, 3.63) is 12.2 Å². The Kier molecular flexibility index (Phi) is 1.27. The Hall–Kier alpha value is -1.27. The Balaban J connectivity index is 3.05. The third kappa shape index (κ3) is 1.02. The average Bonchev–Trinajstić information content (AvgIpc) is 2.11. The van der Waals surface area contributed by atoms with E-state index in [4.69, 9.17) is 5.84 Å². The summed E-state index contributed by atoms with van der Waals surface area (Å²) < 4.78 is 35.4. The molecule has 1 heterocycles. The summed E-state index contributed by atoms with van der Waals surface area (Å²) in [6.45, 7) is 0. The van der Waals surface area contributed by atoms with Crippen LogP contribution in [-0.4, -0.2) is 14.9 Å². The minimum Gasteiger partial charge on any atom is -0.336 e. The number of nitrogens with zero attached hydrogens (tertiary/aromatic N) is 3. The highest BCUT2D eigenvalue weighted by molar-refractivity contribution is 4.90. The lowest BCUT2D eigenvalue weighted by atomic mass is 10.6. The highest BCUT2D eigenvalue weighted by atomic mass is 19.4. The van der Waals surface area contributed by atoms with E-state index in [-0.39, 0.29) is 0 Å². The van der Waals surface area contributed by atoms with Gasteiger partial charge in [-0.1, -0.05) is 0 Å². The van der Waals surface area contributed by atoms with E-state index in [2.05, 4.69) is 10.2 Å². The molecule has 2 N–H and O–H groups in total. The summed E-state index contributed by atoms with van der Waals surface area (Å²) in [4.78, 5) is 0. The monoisotopic (exact) mass is 152 g/mol. The summed E-state index contributed by atoms with van der Waals surface area (Å²) in [6.07, 6.45) is -3.74. The van der Waals surface area contributed by atoms with E-state index in [9.17, 15) is 13.2 Å². The molecule has 0 spiro atoms. The first-order chi connectivity index (χ1) is 4.52. The first-order valence-electron chi connectivity index (χ1n) is 2.24. The molecule has 0 radical (unpaired) electrons. The summed E-state index contributed by atoms with van der Waals surface area (Å²) in [7, 11) is 0. The number of halogens is 3. The van der Waals surface area contributed by atoms with Gasteiger partial charge in [-0.15, -0.1) is 10.2 Å². The second kappa shape index (κ2) is 1.86. The van der Waals surface area contributed by atoms with Crippen LogP contribution < -0.4 is 5.84 Å². The quantitative estimate of drug-likeness (QED) is 0.533. The summed E-state index contributed by atoms with van der Waals surface area (Å²) >= 11 is 0. The van der Waals surface area contributed by atoms with Gasteiger partial charge in [0.1, 0.15) is 6.33 Å². The molecule has 0 fully saturated rings. The molecule has 0 saturated carbocycles. The minimum atomic E-state index is -4.52. The van der Waals surface area contributed by atoms with E-state index < -0.39 is 12.0 Å². The predicted molar refractivity (Wildman–Crippen MR) is 25.2 cm³/mol. The van der Waals surface area contributed by atoms with E-state index in [0.717, 1.165) is 6.33 Å². The maximum absolute atomic E-state index is 11.7. The van der Waals surface area contributed by atoms with E-state index in [1.807, 2.05) is 0 Å². The van der Waals surface area contributed by atoms with Crippen LogP contribution in [0.4, 0.5) is 13.2 Å². The van der Waals surface area contributed by atoms with Crippen LogP contribution in [0.5, 0.6) is 0 Å². The van der Waals surface area contributed by atoms with Gasteiger partial charge in [0.15, 0.2) is 0 Å². The second-order valence-corrected chi connectivity index (χ2v) is 1.56. The smallest absolute Gasteiger partial charge is 0.336 e. The lowest BCUT2D eigenvalue weighted by Crippen LogP contribution is -2.19. The van der Waals surface area contributed by atoms with Crippen molar-refractivity contribution in [2.24, 2.45) is 0 Å². The van der Waals surface area contributed by atoms with Crippen LogP contribution in [-0.2, 0) is 6.18 Å². The molecule has 0 aliphatic heterocycles. The summed E-state index contributed by atoms with van der Waals surface area (Å²) in [5.41, 5.74) is 0. The summed E-state index contributed by atoms with van der Waals surface area (Å²) in [5.74, 6) is 3.60. The molecule has 10 heavy (non-hydrogen) atoms. The van der Waals surface area contributed by atoms with Gasteiger partial charge in [0, 0.05) is 0 Å². The number of rotatable bonds is 0. The van der Waals surface area contributed by atoms with Crippen molar-refractivity contribution >= 4 is 0 Å². The van der Waals surface area contributed by atoms with Gasteiger partial charge in [-0.05, 0) is 0 Å². The van der Waals surface area contributed by atoms with Gasteiger partial charge in [0.2, 0.25) is 0 Å². The van der Waals surface area contributed by atoms with E-state index >= 15 is 0 Å². The van der Waals surface area contributed by atoms with Crippen LogP contribution in [0.15, 0.2) is 6.33 Å². The maximum Gasteiger partial charge on any atom is 0.453 e. The molecule has 1 rings (SSSR count). The molecular weight excluding hydrogens is 149 g/mol. The molecule has 0 bridgehead atoms. The molecule has 56 valence electrons. The van der Waals surface area contributed by atoms with Gasteiger partial charge >= 0.3 is 6.18 Å². The van der Waals surface area contributed by atoms with Gasteiger partial charge in [-0.25, -0.2) is 4.68 Å². The zero-order valence-electron chi connectivity index (χ0n) is 4.63. The Morgan fingerprint density at radius 1 is 1.50 bits per heavy atom. The molecule has 0 atom stereocenters. The molecule has 0 aromatic carbocycles. The van der Waals surface area contributed by atoms with E-state index in [1.165, 1.54) is 0 Å². The van der Waals surface area contributed by atoms with Crippen molar-refractivity contribution in [3.63, 3.8) is 0 Å². The van der Waals surface area contributed by atoms with E-state index in [1.54, 1.807) is 0 Å². The van der Waals surface area contributed by atoms with Crippen molar-refractivity contribution in [2.45, 2.75) is 6.18 Å². The van der Waals surface area contributed by atoms with Gasteiger partial charge in [-0.3, -0.25) is 0 Å². The number of alkyl halides is 3. The van der Waals surface area contributed by atoms with Gasteiger partial charge in [0.05, 0.1) is 0 Å². The number of aromatic nitrogens is 3. The predicted octanol–water partition coefficient (Wildman–Crippen LogP) is 0.0107. The first-order valence-corrected chi connectivity index (χ1v) is 2.24.